The molecule has 0 saturated carbocycles. The number of hydrogen-bond donors (Lipinski definition) is 2. The minimum atomic E-state index is -0.196. The topological polar surface area (TPSA) is 61.4 Å². The number of anilines is 2. The monoisotopic (exact) mass is 381 g/mol. The summed E-state index contributed by atoms with van der Waals surface area (Å²) in [5, 5.41) is 8.42. The van der Waals surface area contributed by atoms with Gasteiger partial charge in [-0.1, -0.05) is 41.9 Å². The second-order valence-electron chi connectivity index (χ2n) is 6.34. The predicted octanol–water partition coefficient (Wildman–Crippen LogP) is 4.00. The Morgan fingerprint density at radius 2 is 1.37 bits per heavy atom. The van der Waals surface area contributed by atoms with Gasteiger partial charge in [0.25, 0.3) is 0 Å². The zero-order valence-electron chi connectivity index (χ0n) is 14.9. The van der Waals surface area contributed by atoms with Crippen LogP contribution in [0.2, 0.25) is 5.02 Å². The lowest BCUT2D eigenvalue weighted by Gasteiger charge is -2.16. The van der Waals surface area contributed by atoms with Crippen molar-refractivity contribution in [1.29, 1.82) is 0 Å². The molecule has 27 heavy (non-hydrogen) atoms. The lowest BCUT2D eigenvalue weighted by molar-refractivity contribution is -0.119. The fourth-order valence-electron chi connectivity index (χ4n) is 2.75. The normalized spacial score (nSPS) is 10.8. The van der Waals surface area contributed by atoms with E-state index in [0.717, 1.165) is 16.5 Å². The molecule has 0 saturated heterocycles. The highest BCUT2D eigenvalue weighted by molar-refractivity contribution is 6.30. The molecular formula is C21H20ClN3O2. The Labute approximate surface area is 162 Å². The van der Waals surface area contributed by atoms with E-state index in [1.807, 2.05) is 42.5 Å². The molecule has 0 aliphatic heterocycles. The molecule has 5 nitrogen and oxygen atoms in total. The van der Waals surface area contributed by atoms with Crippen molar-refractivity contribution >= 4 is 45.6 Å². The molecule has 0 atom stereocenters. The average molecular weight is 382 g/mol. The van der Waals surface area contributed by atoms with Crippen LogP contribution in [0.3, 0.4) is 0 Å². The molecule has 3 aromatic rings. The summed E-state index contributed by atoms with van der Waals surface area (Å²) in [6, 6.07) is 20.6. The van der Waals surface area contributed by atoms with Crippen molar-refractivity contribution in [1.82, 2.24) is 4.90 Å². The minimum Gasteiger partial charge on any atom is -0.325 e. The molecule has 0 unspecified atom stereocenters. The SMILES string of the molecule is CN(CC(=O)Nc1ccc(Cl)cc1)CC(=O)Nc1ccc2ccccc2c1. The zero-order chi connectivity index (χ0) is 19.2. The third-order valence-electron chi connectivity index (χ3n) is 3.99. The molecule has 0 fully saturated rings. The van der Waals surface area contributed by atoms with Crippen LogP contribution in [0.5, 0.6) is 0 Å². The van der Waals surface area contributed by atoms with Gasteiger partial charge in [0, 0.05) is 16.4 Å². The summed E-state index contributed by atoms with van der Waals surface area (Å²) < 4.78 is 0. The van der Waals surface area contributed by atoms with Crippen LogP contribution in [0.1, 0.15) is 0 Å². The van der Waals surface area contributed by atoms with Crippen molar-refractivity contribution in [3.63, 3.8) is 0 Å². The Kier molecular flexibility index (Phi) is 6.06. The third kappa shape index (κ3) is 5.54. The summed E-state index contributed by atoms with van der Waals surface area (Å²) in [6.07, 6.45) is 0. The third-order valence-corrected chi connectivity index (χ3v) is 4.24. The second kappa shape index (κ2) is 8.66. The first kappa shape index (κ1) is 18.9. The number of benzene rings is 3. The molecule has 3 rings (SSSR count). The number of halogens is 1. The summed E-state index contributed by atoms with van der Waals surface area (Å²) >= 11 is 5.82. The standard InChI is InChI=1S/C21H20ClN3O2/c1-25(13-20(26)23-18-10-7-17(22)8-11-18)14-21(27)24-19-9-6-15-4-2-3-5-16(15)12-19/h2-12H,13-14H2,1H3,(H,23,26)(H,24,27). The van der Waals surface area contributed by atoms with Crippen molar-refractivity contribution in [2.75, 3.05) is 30.8 Å². The van der Waals surface area contributed by atoms with Crippen LogP contribution in [0, 0.1) is 0 Å². The van der Waals surface area contributed by atoms with Gasteiger partial charge >= 0.3 is 0 Å². The maximum Gasteiger partial charge on any atom is 0.238 e. The number of carbonyl (C=O) groups excluding carboxylic acids is 2. The lowest BCUT2D eigenvalue weighted by Crippen LogP contribution is -2.36. The molecule has 0 aliphatic carbocycles. The van der Waals surface area contributed by atoms with E-state index < -0.39 is 0 Å². The molecule has 2 amide bonds. The fraction of sp³-hybridized carbons (Fsp3) is 0.143. The predicted molar refractivity (Wildman–Crippen MR) is 110 cm³/mol. The molecule has 0 bridgehead atoms. The van der Waals surface area contributed by atoms with Crippen molar-refractivity contribution in [2.24, 2.45) is 0 Å². The van der Waals surface area contributed by atoms with E-state index in [9.17, 15) is 9.59 Å². The van der Waals surface area contributed by atoms with E-state index in [4.69, 9.17) is 11.6 Å². The number of likely N-dealkylation sites (N-methyl/N-ethyl adjacent to an activating group) is 1. The van der Waals surface area contributed by atoms with E-state index in [0.29, 0.717) is 10.7 Å². The van der Waals surface area contributed by atoms with Gasteiger partial charge in [-0.15, -0.1) is 0 Å². The van der Waals surface area contributed by atoms with Crippen molar-refractivity contribution < 1.29 is 9.59 Å². The Hall–Kier alpha value is -2.89. The van der Waals surface area contributed by atoms with Crippen LogP contribution in [0.25, 0.3) is 10.8 Å². The van der Waals surface area contributed by atoms with Crippen LogP contribution in [0.15, 0.2) is 66.7 Å². The van der Waals surface area contributed by atoms with Crippen LogP contribution in [-0.4, -0.2) is 36.9 Å². The summed E-state index contributed by atoms with van der Waals surface area (Å²) in [5.41, 5.74) is 1.40. The number of nitrogens with zero attached hydrogens (tertiary/aromatic N) is 1. The number of nitrogens with one attached hydrogen (secondary N) is 2. The number of amides is 2. The van der Waals surface area contributed by atoms with Crippen molar-refractivity contribution in [2.45, 2.75) is 0 Å². The summed E-state index contributed by atoms with van der Waals surface area (Å²) in [6.45, 7) is 0.217. The van der Waals surface area contributed by atoms with Gasteiger partial charge in [-0.25, -0.2) is 0 Å². The molecular weight excluding hydrogens is 362 g/mol. The number of carbonyl (C=O) groups is 2. The van der Waals surface area contributed by atoms with E-state index in [-0.39, 0.29) is 24.9 Å². The fourth-order valence-corrected chi connectivity index (χ4v) is 2.87. The van der Waals surface area contributed by atoms with Crippen LogP contribution >= 0.6 is 11.6 Å². The summed E-state index contributed by atoms with van der Waals surface area (Å²) in [4.78, 5) is 26.0. The molecule has 0 spiro atoms. The van der Waals surface area contributed by atoms with Crippen LogP contribution < -0.4 is 10.6 Å². The maximum absolute atomic E-state index is 12.2. The van der Waals surface area contributed by atoms with Gasteiger partial charge in [0.05, 0.1) is 13.1 Å². The summed E-state index contributed by atoms with van der Waals surface area (Å²) in [7, 11) is 1.72. The number of hydrogen-bond acceptors (Lipinski definition) is 3. The Morgan fingerprint density at radius 3 is 2.04 bits per heavy atom. The highest BCUT2D eigenvalue weighted by Gasteiger charge is 2.11. The van der Waals surface area contributed by atoms with Crippen LogP contribution in [0.4, 0.5) is 11.4 Å². The smallest absolute Gasteiger partial charge is 0.238 e. The maximum atomic E-state index is 12.2. The highest BCUT2D eigenvalue weighted by Crippen LogP contribution is 2.18. The molecule has 0 aromatic heterocycles. The van der Waals surface area contributed by atoms with E-state index in [1.165, 1.54) is 0 Å². The van der Waals surface area contributed by atoms with Gasteiger partial charge in [0.15, 0.2) is 0 Å². The van der Waals surface area contributed by atoms with E-state index in [1.54, 1.807) is 36.2 Å². The molecule has 0 heterocycles. The molecule has 2 N–H and O–H groups in total. The second-order valence-corrected chi connectivity index (χ2v) is 6.77. The van der Waals surface area contributed by atoms with Gasteiger partial charge < -0.3 is 10.6 Å². The van der Waals surface area contributed by atoms with Gasteiger partial charge in [-0.05, 0) is 54.2 Å². The molecule has 3 aromatic carbocycles. The molecule has 138 valence electrons. The molecule has 0 radical (unpaired) electrons. The first-order valence-electron chi connectivity index (χ1n) is 8.52. The molecule has 0 aliphatic rings. The quantitative estimate of drug-likeness (QED) is 0.678. The van der Waals surface area contributed by atoms with E-state index >= 15 is 0 Å². The highest BCUT2D eigenvalue weighted by atomic mass is 35.5. The van der Waals surface area contributed by atoms with Crippen LogP contribution in [-0.2, 0) is 9.59 Å². The summed E-state index contributed by atoms with van der Waals surface area (Å²) in [5.74, 6) is -0.370. The lowest BCUT2D eigenvalue weighted by atomic mass is 10.1. The first-order chi connectivity index (χ1) is 13.0. The Morgan fingerprint density at radius 1 is 0.815 bits per heavy atom. The largest absolute Gasteiger partial charge is 0.325 e. The number of rotatable bonds is 6. The Balaban J connectivity index is 1.50. The zero-order valence-corrected chi connectivity index (χ0v) is 15.7. The average Bonchev–Trinajstić information content (AvgIpc) is 2.63. The minimum absolute atomic E-state index is 0.105. The van der Waals surface area contributed by atoms with Crippen molar-refractivity contribution in [3.05, 3.63) is 71.8 Å². The Bertz CT molecular complexity index is 957. The van der Waals surface area contributed by atoms with Crippen molar-refractivity contribution in [3.8, 4) is 0 Å². The van der Waals surface area contributed by atoms with Gasteiger partial charge in [0.1, 0.15) is 0 Å². The first-order valence-corrected chi connectivity index (χ1v) is 8.90. The van der Waals surface area contributed by atoms with Gasteiger partial charge in [-0.3, -0.25) is 14.5 Å². The van der Waals surface area contributed by atoms with Gasteiger partial charge in [0.2, 0.25) is 11.8 Å². The van der Waals surface area contributed by atoms with E-state index in [2.05, 4.69) is 10.6 Å². The van der Waals surface area contributed by atoms with Gasteiger partial charge in [-0.2, -0.15) is 0 Å². The molecule has 6 heteroatoms. The number of fused-ring (bicyclic) bond motifs is 1.